The third-order valence-corrected chi connectivity index (χ3v) is 6.89. The lowest BCUT2D eigenvalue weighted by Crippen LogP contribution is -2.35. The molecule has 0 amide bonds. The molecule has 2 aliphatic rings. The standard InChI is InChI=1S/C25H42O5/c1-8-21(28-7)19(5)24-25(6,30-24)15-16(2)10-9-11-17(3)23-18(4)12-13-20(29-23)14-22(26)27/h9-11,16,18-21,23-24H,8,12-15H2,1-7H3,(H,26,27)/t16-,18+,19-,20-,21+,23-,24-,25-/m1/s1. The number of ether oxygens (including phenoxy) is 3. The number of rotatable bonds is 11. The van der Waals surface area contributed by atoms with Gasteiger partial charge in [-0.15, -0.1) is 0 Å². The van der Waals surface area contributed by atoms with Crippen LogP contribution in [0.1, 0.15) is 73.6 Å². The van der Waals surface area contributed by atoms with Gasteiger partial charge in [0.15, 0.2) is 0 Å². The minimum absolute atomic E-state index is 0.00223. The Morgan fingerprint density at radius 3 is 2.63 bits per heavy atom. The van der Waals surface area contributed by atoms with E-state index in [1.54, 1.807) is 7.11 Å². The van der Waals surface area contributed by atoms with Crippen LogP contribution in [-0.2, 0) is 19.0 Å². The molecule has 0 saturated carbocycles. The van der Waals surface area contributed by atoms with Crippen LogP contribution in [0.2, 0.25) is 0 Å². The van der Waals surface area contributed by atoms with Gasteiger partial charge in [-0.1, -0.05) is 45.9 Å². The zero-order valence-corrected chi connectivity index (χ0v) is 19.9. The Morgan fingerprint density at radius 2 is 2.03 bits per heavy atom. The average Bonchev–Trinajstić information content (AvgIpc) is 3.34. The number of aliphatic carboxylic acids is 1. The molecule has 8 atom stereocenters. The fourth-order valence-corrected chi connectivity index (χ4v) is 5.14. The summed E-state index contributed by atoms with van der Waals surface area (Å²) < 4.78 is 17.8. The summed E-state index contributed by atoms with van der Waals surface area (Å²) in [7, 11) is 1.78. The lowest BCUT2D eigenvalue weighted by molar-refractivity contribution is -0.143. The highest BCUT2D eigenvalue weighted by Gasteiger charge is 2.56. The first-order valence-electron chi connectivity index (χ1n) is 11.5. The summed E-state index contributed by atoms with van der Waals surface area (Å²) in [6, 6.07) is 0. The molecule has 2 aliphatic heterocycles. The minimum Gasteiger partial charge on any atom is -0.481 e. The van der Waals surface area contributed by atoms with Crippen LogP contribution in [0.5, 0.6) is 0 Å². The molecule has 2 rings (SSSR count). The molecule has 0 radical (unpaired) electrons. The van der Waals surface area contributed by atoms with Crippen LogP contribution in [-0.4, -0.2) is 48.2 Å². The molecule has 5 nitrogen and oxygen atoms in total. The van der Waals surface area contributed by atoms with E-state index in [2.05, 4.69) is 59.8 Å². The Balaban J connectivity index is 1.87. The van der Waals surface area contributed by atoms with Crippen molar-refractivity contribution in [2.45, 2.75) is 104 Å². The van der Waals surface area contributed by atoms with E-state index in [9.17, 15) is 4.79 Å². The topological polar surface area (TPSA) is 68.3 Å². The van der Waals surface area contributed by atoms with Crippen LogP contribution in [0.4, 0.5) is 0 Å². The van der Waals surface area contributed by atoms with Gasteiger partial charge in [0.2, 0.25) is 0 Å². The number of hydrogen-bond donors (Lipinski definition) is 1. The van der Waals surface area contributed by atoms with Gasteiger partial charge in [0.05, 0.1) is 36.4 Å². The van der Waals surface area contributed by atoms with Crippen LogP contribution in [0.15, 0.2) is 23.8 Å². The Bertz CT molecular complexity index is 623. The van der Waals surface area contributed by atoms with E-state index in [0.717, 1.165) is 31.3 Å². The summed E-state index contributed by atoms with van der Waals surface area (Å²) in [4.78, 5) is 11.0. The normalized spacial score (nSPS) is 35.2. The SMILES string of the molecule is CC[C@H](OC)[C@@H](C)[C@H]1O[C@]1(C)C[C@H](C)C=CC=C(C)[C@H]1O[C@@H](CC(=O)O)CC[C@@H]1C. The van der Waals surface area contributed by atoms with Crippen molar-refractivity contribution >= 4 is 5.97 Å². The van der Waals surface area contributed by atoms with Gasteiger partial charge in [-0.3, -0.25) is 4.79 Å². The van der Waals surface area contributed by atoms with E-state index in [4.69, 9.17) is 19.3 Å². The van der Waals surface area contributed by atoms with E-state index >= 15 is 0 Å². The molecule has 2 saturated heterocycles. The van der Waals surface area contributed by atoms with Gasteiger partial charge in [0.1, 0.15) is 0 Å². The Labute approximate surface area is 182 Å². The Kier molecular flexibility index (Phi) is 9.13. The predicted molar refractivity (Wildman–Crippen MR) is 120 cm³/mol. The van der Waals surface area contributed by atoms with Crippen molar-refractivity contribution in [3.05, 3.63) is 23.8 Å². The van der Waals surface area contributed by atoms with Crippen LogP contribution >= 0.6 is 0 Å². The maximum absolute atomic E-state index is 11.0. The van der Waals surface area contributed by atoms with Crippen molar-refractivity contribution in [2.75, 3.05) is 7.11 Å². The maximum atomic E-state index is 11.0. The van der Waals surface area contributed by atoms with Crippen LogP contribution in [0.3, 0.4) is 0 Å². The van der Waals surface area contributed by atoms with Crippen molar-refractivity contribution in [2.24, 2.45) is 17.8 Å². The second-order valence-electron chi connectivity index (χ2n) is 9.70. The first kappa shape index (κ1) is 25.1. The Morgan fingerprint density at radius 1 is 1.33 bits per heavy atom. The van der Waals surface area contributed by atoms with Gasteiger partial charge in [-0.25, -0.2) is 0 Å². The summed E-state index contributed by atoms with van der Waals surface area (Å²) in [5, 5.41) is 9.05. The van der Waals surface area contributed by atoms with Crippen LogP contribution in [0, 0.1) is 17.8 Å². The summed E-state index contributed by atoms with van der Waals surface area (Å²) in [5.41, 5.74) is 1.09. The van der Waals surface area contributed by atoms with Crippen LogP contribution < -0.4 is 0 Å². The Hall–Kier alpha value is -1.17. The second-order valence-corrected chi connectivity index (χ2v) is 9.70. The van der Waals surface area contributed by atoms with Gasteiger partial charge < -0.3 is 19.3 Å². The molecule has 5 heteroatoms. The van der Waals surface area contributed by atoms with Crippen molar-refractivity contribution in [3.8, 4) is 0 Å². The number of allylic oxidation sites excluding steroid dienone is 3. The highest BCUT2D eigenvalue weighted by molar-refractivity contribution is 5.67. The molecule has 0 unspecified atom stereocenters. The molecule has 30 heavy (non-hydrogen) atoms. The van der Waals surface area contributed by atoms with Gasteiger partial charge in [-0.05, 0) is 56.9 Å². The first-order chi connectivity index (χ1) is 14.1. The molecule has 0 aromatic rings. The monoisotopic (exact) mass is 422 g/mol. The molecule has 2 heterocycles. The number of hydrogen-bond acceptors (Lipinski definition) is 4. The number of methoxy groups -OCH3 is 1. The van der Waals surface area contributed by atoms with Gasteiger partial charge in [0.25, 0.3) is 0 Å². The highest BCUT2D eigenvalue weighted by Crippen LogP contribution is 2.47. The van der Waals surface area contributed by atoms with E-state index in [-0.39, 0.29) is 36.4 Å². The largest absolute Gasteiger partial charge is 0.481 e. The van der Waals surface area contributed by atoms with Crippen molar-refractivity contribution < 1.29 is 24.1 Å². The third-order valence-electron chi connectivity index (χ3n) is 6.89. The zero-order valence-electron chi connectivity index (χ0n) is 19.9. The molecule has 0 aliphatic carbocycles. The van der Waals surface area contributed by atoms with Gasteiger partial charge >= 0.3 is 5.97 Å². The smallest absolute Gasteiger partial charge is 0.305 e. The molecule has 0 bridgehead atoms. The first-order valence-corrected chi connectivity index (χ1v) is 11.5. The minimum atomic E-state index is -0.789. The molecular weight excluding hydrogens is 380 g/mol. The van der Waals surface area contributed by atoms with E-state index in [0.29, 0.717) is 17.8 Å². The molecule has 172 valence electrons. The van der Waals surface area contributed by atoms with Gasteiger partial charge in [-0.2, -0.15) is 0 Å². The van der Waals surface area contributed by atoms with Crippen molar-refractivity contribution in [1.82, 2.24) is 0 Å². The number of epoxide rings is 1. The molecule has 0 aromatic carbocycles. The lowest BCUT2D eigenvalue weighted by Gasteiger charge is -2.35. The van der Waals surface area contributed by atoms with Crippen LogP contribution in [0.25, 0.3) is 0 Å². The number of carboxylic acid groups (broad SMARTS) is 1. The fraction of sp³-hybridized carbons (Fsp3) is 0.800. The van der Waals surface area contributed by atoms with E-state index in [1.165, 1.54) is 0 Å². The summed E-state index contributed by atoms with van der Waals surface area (Å²) in [6.45, 7) is 13.1. The summed E-state index contributed by atoms with van der Waals surface area (Å²) in [6.07, 6.45) is 10.7. The zero-order chi connectivity index (χ0) is 22.5. The van der Waals surface area contributed by atoms with Gasteiger partial charge in [0, 0.05) is 13.0 Å². The van der Waals surface area contributed by atoms with E-state index < -0.39 is 5.97 Å². The fourth-order valence-electron chi connectivity index (χ4n) is 5.14. The molecular formula is C25H42O5. The highest BCUT2D eigenvalue weighted by atomic mass is 16.6. The third kappa shape index (κ3) is 6.66. The summed E-state index contributed by atoms with van der Waals surface area (Å²) in [5.74, 6) is 0.420. The molecule has 1 N–H and O–H groups in total. The molecule has 0 spiro atoms. The lowest BCUT2D eigenvalue weighted by atomic mass is 9.86. The maximum Gasteiger partial charge on any atom is 0.305 e. The van der Waals surface area contributed by atoms with Crippen molar-refractivity contribution in [1.29, 1.82) is 0 Å². The quantitative estimate of drug-likeness (QED) is 0.357. The second kappa shape index (κ2) is 10.9. The average molecular weight is 423 g/mol. The number of carboxylic acids is 1. The molecule has 0 aromatic heterocycles. The number of carbonyl (C=O) groups is 1. The molecule has 2 fully saturated rings. The van der Waals surface area contributed by atoms with Crippen molar-refractivity contribution in [3.63, 3.8) is 0 Å². The predicted octanol–water partition coefficient (Wildman–Crippen LogP) is 5.39. The van der Waals surface area contributed by atoms with E-state index in [1.807, 2.05) is 0 Å². The summed E-state index contributed by atoms with van der Waals surface area (Å²) >= 11 is 0.